The van der Waals surface area contributed by atoms with Gasteiger partial charge in [-0.2, -0.15) is 0 Å². The molecule has 0 N–H and O–H groups in total. The molecule has 0 fully saturated rings. The van der Waals surface area contributed by atoms with Gasteiger partial charge in [-0.25, -0.2) is 0 Å². The van der Waals surface area contributed by atoms with E-state index in [1.165, 1.54) is 44.9 Å². The first kappa shape index (κ1) is 20.0. The molecule has 0 aromatic heterocycles. The summed E-state index contributed by atoms with van der Waals surface area (Å²) in [6, 6.07) is 6.92. The lowest BCUT2D eigenvalue weighted by Crippen LogP contribution is -2.10. The molecule has 0 aliphatic heterocycles. The molecule has 0 atom stereocenters. The Morgan fingerprint density at radius 1 is 0.909 bits per heavy atom. The van der Waals surface area contributed by atoms with E-state index in [4.69, 9.17) is 0 Å². The molecule has 1 aromatic rings. The third-order valence-electron chi connectivity index (χ3n) is 5.03. The molecule has 0 saturated carbocycles. The Morgan fingerprint density at radius 3 is 1.86 bits per heavy atom. The highest BCUT2D eigenvalue weighted by atomic mass is 127. The predicted molar refractivity (Wildman–Crippen MR) is 109 cm³/mol. The van der Waals surface area contributed by atoms with Gasteiger partial charge in [0.1, 0.15) is 0 Å². The van der Waals surface area contributed by atoms with E-state index in [2.05, 4.69) is 82.3 Å². The molecule has 1 aromatic carbocycles. The molecule has 0 amide bonds. The fourth-order valence-electron chi connectivity index (χ4n) is 2.91. The van der Waals surface area contributed by atoms with Crippen molar-refractivity contribution in [1.82, 2.24) is 0 Å². The second-order valence-corrected chi connectivity index (χ2v) is 11.1. The van der Waals surface area contributed by atoms with Gasteiger partial charge in [0, 0.05) is 3.42 Å². The first-order chi connectivity index (χ1) is 10.1. The van der Waals surface area contributed by atoms with Crippen LogP contribution in [0, 0.1) is 12.3 Å². The molecular formula is C21H35I. The summed E-state index contributed by atoms with van der Waals surface area (Å²) in [4.78, 5) is 0. The predicted octanol–water partition coefficient (Wildman–Crippen LogP) is 7.29. The van der Waals surface area contributed by atoms with Crippen LogP contribution < -0.4 is 0 Å². The van der Waals surface area contributed by atoms with E-state index in [9.17, 15) is 0 Å². The van der Waals surface area contributed by atoms with Gasteiger partial charge in [-0.3, -0.25) is 0 Å². The topological polar surface area (TPSA) is 0 Å². The van der Waals surface area contributed by atoms with Gasteiger partial charge in [-0.15, -0.1) is 0 Å². The Bertz CT molecular complexity index is 451. The van der Waals surface area contributed by atoms with Gasteiger partial charge in [-0.1, -0.05) is 81.8 Å². The fraction of sp³-hybridized carbons (Fsp3) is 0.714. The van der Waals surface area contributed by atoms with E-state index in [-0.39, 0.29) is 0 Å². The summed E-state index contributed by atoms with van der Waals surface area (Å²) in [5.74, 6) is 0. The molecule has 22 heavy (non-hydrogen) atoms. The SMILES string of the molecule is CCC(C)(C)CCCc1cccc(CCCC(C)(C)I)c1C. The van der Waals surface area contributed by atoms with Gasteiger partial charge in [0.05, 0.1) is 0 Å². The smallest absolute Gasteiger partial charge is 0.0166 e. The average molecular weight is 414 g/mol. The molecule has 0 aliphatic rings. The van der Waals surface area contributed by atoms with Crippen molar-refractivity contribution in [3.8, 4) is 0 Å². The van der Waals surface area contributed by atoms with E-state index in [1.54, 1.807) is 16.7 Å². The minimum absolute atomic E-state index is 0.426. The molecule has 0 heterocycles. The van der Waals surface area contributed by atoms with Crippen molar-refractivity contribution in [3.05, 3.63) is 34.9 Å². The molecule has 0 nitrogen and oxygen atoms in total. The van der Waals surface area contributed by atoms with Gasteiger partial charge >= 0.3 is 0 Å². The maximum Gasteiger partial charge on any atom is 0.0166 e. The number of halogens is 1. The minimum atomic E-state index is 0.426. The molecule has 1 heteroatoms. The highest BCUT2D eigenvalue weighted by Crippen LogP contribution is 2.28. The summed E-state index contributed by atoms with van der Waals surface area (Å²) in [5, 5.41) is 0. The van der Waals surface area contributed by atoms with Crippen LogP contribution in [-0.4, -0.2) is 3.42 Å². The Kier molecular flexibility index (Phi) is 7.91. The second-order valence-electron chi connectivity index (χ2n) is 8.14. The largest absolute Gasteiger partial charge is 0.0795 e. The van der Waals surface area contributed by atoms with Gasteiger partial charge in [-0.05, 0) is 67.6 Å². The van der Waals surface area contributed by atoms with Crippen LogP contribution in [0.2, 0.25) is 0 Å². The van der Waals surface area contributed by atoms with Crippen molar-refractivity contribution >= 4 is 22.6 Å². The van der Waals surface area contributed by atoms with Crippen LogP contribution in [0.1, 0.15) is 83.4 Å². The summed E-state index contributed by atoms with van der Waals surface area (Å²) in [6.45, 7) is 14.1. The second kappa shape index (κ2) is 8.70. The van der Waals surface area contributed by atoms with Crippen molar-refractivity contribution in [1.29, 1.82) is 0 Å². The standard InChI is InChI=1S/C21H35I/c1-7-20(3,4)15-9-13-18-11-8-12-19(17(18)2)14-10-16-21(5,6)22/h8,11-12H,7,9-10,13-16H2,1-6H3. The first-order valence-electron chi connectivity index (χ1n) is 8.91. The maximum atomic E-state index is 2.56. The molecule has 1 rings (SSSR count). The molecular weight excluding hydrogens is 379 g/mol. The Hall–Kier alpha value is -0.0500. The van der Waals surface area contributed by atoms with Crippen LogP contribution in [-0.2, 0) is 12.8 Å². The van der Waals surface area contributed by atoms with Gasteiger partial charge in [0.25, 0.3) is 0 Å². The Balaban J connectivity index is 2.57. The van der Waals surface area contributed by atoms with E-state index >= 15 is 0 Å². The number of aryl methyl sites for hydroxylation is 2. The highest BCUT2D eigenvalue weighted by Gasteiger charge is 2.15. The van der Waals surface area contributed by atoms with Crippen molar-refractivity contribution < 1.29 is 0 Å². The number of alkyl halides is 1. The van der Waals surface area contributed by atoms with Crippen molar-refractivity contribution in [2.75, 3.05) is 0 Å². The molecule has 0 aliphatic carbocycles. The van der Waals surface area contributed by atoms with Crippen LogP contribution in [0.4, 0.5) is 0 Å². The van der Waals surface area contributed by atoms with Crippen molar-refractivity contribution in [2.45, 2.75) is 89.9 Å². The summed E-state index contributed by atoms with van der Waals surface area (Å²) < 4.78 is 0.426. The van der Waals surface area contributed by atoms with Crippen LogP contribution in [0.5, 0.6) is 0 Å². The number of rotatable bonds is 9. The van der Waals surface area contributed by atoms with E-state index in [1.807, 2.05) is 0 Å². The third-order valence-corrected chi connectivity index (χ3v) is 5.57. The Labute approximate surface area is 152 Å². The monoisotopic (exact) mass is 414 g/mol. The molecule has 0 bridgehead atoms. The van der Waals surface area contributed by atoms with Crippen LogP contribution >= 0.6 is 22.6 Å². The zero-order valence-corrected chi connectivity index (χ0v) is 17.7. The molecule has 0 saturated heterocycles. The van der Waals surface area contributed by atoms with Gasteiger partial charge in [0.15, 0.2) is 0 Å². The van der Waals surface area contributed by atoms with E-state index in [0.29, 0.717) is 8.84 Å². The quantitative estimate of drug-likeness (QED) is 0.294. The summed E-state index contributed by atoms with van der Waals surface area (Å²) in [6.07, 6.45) is 8.97. The van der Waals surface area contributed by atoms with Crippen molar-refractivity contribution in [3.63, 3.8) is 0 Å². The third kappa shape index (κ3) is 7.48. The summed E-state index contributed by atoms with van der Waals surface area (Å²) >= 11 is 2.56. The van der Waals surface area contributed by atoms with E-state index in [0.717, 1.165) is 0 Å². The number of benzene rings is 1. The zero-order valence-electron chi connectivity index (χ0n) is 15.6. The fourth-order valence-corrected chi connectivity index (χ4v) is 3.29. The van der Waals surface area contributed by atoms with Crippen molar-refractivity contribution in [2.24, 2.45) is 5.41 Å². The first-order valence-corrected chi connectivity index (χ1v) is 9.99. The normalized spacial score (nSPS) is 12.7. The maximum absolute atomic E-state index is 2.56. The summed E-state index contributed by atoms with van der Waals surface area (Å²) in [7, 11) is 0. The molecule has 0 spiro atoms. The van der Waals surface area contributed by atoms with Crippen LogP contribution in [0.25, 0.3) is 0 Å². The van der Waals surface area contributed by atoms with Gasteiger partial charge in [0.2, 0.25) is 0 Å². The molecule has 0 unspecified atom stereocenters. The van der Waals surface area contributed by atoms with E-state index < -0.39 is 0 Å². The average Bonchev–Trinajstić information content (AvgIpc) is 2.41. The molecule has 126 valence electrons. The number of hydrogen-bond acceptors (Lipinski definition) is 0. The number of hydrogen-bond donors (Lipinski definition) is 0. The Morgan fingerprint density at radius 2 is 1.41 bits per heavy atom. The van der Waals surface area contributed by atoms with Crippen LogP contribution in [0.15, 0.2) is 18.2 Å². The zero-order chi connectivity index (χ0) is 16.8. The summed E-state index contributed by atoms with van der Waals surface area (Å²) in [5.41, 5.74) is 5.17. The lowest BCUT2D eigenvalue weighted by molar-refractivity contribution is 0.313. The lowest BCUT2D eigenvalue weighted by Gasteiger charge is -2.22. The lowest BCUT2D eigenvalue weighted by atomic mass is 9.83. The minimum Gasteiger partial charge on any atom is -0.0795 e. The molecule has 0 radical (unpaired) electrons. The van der Waals surface area contributed by atoms with Crippen LogP contribution in [0.3, 0.4) is 0 Å². The highest BCUT2D eigenvalue weighted by molar-refractivity contribution is 14.1. The van der Waals surface area contributed by atoms with Gasteiger partial charge < -0.3 is 0 Å².